The number of ether oxygens (including phenoxy) is 3. The number of benzene rings is 1. The normalized spacial score (nSPS) is 11.4. The molecule has 1 aromatic carbocycles. The van der Waals surface area contributed by atoms with Crippen molar-refractivity contribution in [3.8, 4) is 0 Å². The third-order valence-corrected chi connectivity index (χ3v) is 2.58. The second-order valence-corrected chi connectivity index (χ2v) is 5.88. The standard InChI is InChI=1S/C17H26O4/c1-17(2,3)21-16(18)14-20-12-8-7-11-19-13-15-9-5-4-6-10-15/h4-6,9-10H,7-8,11-14H2,1-3H3. The highest BCUT2D eigenvalue weighted by Crippen LogP contribution is 2.07. The number of carbonyl (C=O) groups is 1. The molecule has 0 amide bonds. The van der Waals surface area contributed by atoms with Gasteiger partial charge in [0.2, 0.25) is 0 Å². The van der Waals surface area contributed by atoms with Gasteiger partial charge in [-0.2, -0.15) is 0 Å². The third-order valence-electron chi connectivity index (χ3n) is 2.58. The molecule has 0 atom stereocenters. The maximum absolute atomic E-state index is 11.4. The Bertz CT molecular complexity index is 395. The maximum Gasteiger partial charge on any atom is 0.332 e. The predicted molar refractivity (Wildman–Crippen MR) is 82.0 cm³/mol. The van der Waals surface area contributed by atoms with E-state index < -0.39 is 5.60 Å². The Morgan fingerprint density at radius 3 is 2.24 bits per heavy atom. The molecule has 1 rings (SSSR count). The maximum atomic E-state index is 11.4. The van der Waals surface area contributed by atoms with Crippen molar-refractivity contribution in [2.75, 3.05) is 19.8 Å². The molecular weight excluding hydrogens is 268 g/mol. The average molecular weight is 294 g/mol. The van der Waals surface area contributed by atoms with E-state index in [0.717, 1.165) is 12.8 Å². The van der Waals surface area contributed by atoms with Crippen LogP contribution < -0.4 is 0 Å². The van der Waals surface area contributed by atoms with Gasteiger partial charge in [-0.1, -0.05) is 30.3 Å². The summed E-state index contributed by atoms with van der Waals surface area (Å²) in [6.45, 7) is 7.43. The summed E-state index contributed by atoms with van der Waals surface area (Å²) >= 11 is 0. The first-order chi connectivity index (χ1) is 9.97. The number of hydrogen-bond donors (Lipinski definition) is 0. The quantitative estimate of drug-likeness (QED) is 0.517. The molecule has 0 aliphatic rings. The molecule has 0 aliphatic carbocycles. The third kappa shape index (κ3) is 10.0. The SMILES string of the molecule is CC(C)(C)OC(=O)COCCCCOCc1ccccc1. The van der Waals surface area contributed by atoms with E-state index in [1.54, 1.807) is 0 Å². The van der Waals surface area contributed by atoms with E-state index in [2.05, 4.69) is 0 Å². The van der Waals surface area contributed by atoms with Crippen LogP contribution in [0.1, 0.15) is 39.2 Å². The molecule has 0 aromatic heterocycles. The Balaban J connectivity index is 1.92. The van der Waals surface area contributed by atoms with Crippen LogP contribution in [0.5, 0.6) is 0 Å². The molecule has 0 N–H and O–H groups in total. The van der Waals surface area contributed by atoms with Crippen LogP contribution in [0.15, 0.2) is 30.3 Å². The summed E-state index contributed by atoms with van der Waals surface area (Å²) in [6, 6.07) is 10.1. The van der Waals surface area contributed by atoms with E-state index in [0.29, 0.717) is 19.8 Å². The molecule has 21 heavy (non-hydrogen) atoms. The van der Waals surface area contributed by atoms with Gasteiger partial charge in [0.1, 0.15) is 12.2 Å². The fourth-order valence-electron chi connectivity index (χ4n) is 1.70. The van der Waals surface area contributed by atoms with Crippen LogP contribution in [-0.2, 0) is 25.6 Å². The monoisotopic (exact) mass is 294 g/mol. The summed E-state index contributed by atoms with van der Waals surface area (Å²) in [5.41, 5.74) is 0.727. The fourth-order valence-corrected chi connectivity index (χ4v) is 1.70. The van der Waals surface area contributed by atoms with Gasteiger partial charge in [-0.25, -0.2) is 4.79 Å². The average Bonchev–Trinajstić information content (AvgIpc) is 2.41. The largest absolute Gasteiger partial charge is 0.458 e. The molecule has 0 fully saturated rings. The molecule has 118 valence electrons. The lowest BCUT2D eigenvalue weighted by atomic mass is 10.2. The van der Waals surface area contributed by atoms with Crippen LogP contribution in [0, 0.1) is 0 Å². The summed E-state index contributed by atoms with van der Waals surface area (Å²) in [5.74, 6) is -0.317. The first kappa shape index (κ1) is 17.7. The highest BCUT2D eigenvalue weighted by atomic mass is 16.6. The van der Waals surface area contributed by atoms with Crippen LogP contribution >= 0.6 is 0 Å². The molecule has 0 heterocycles. The van der Waals surface area contributed by atoms with Gasteiger partial charge in [0.25, 0.3) is 0 Å². The fraction of sp³-hybridized carbons (Fsp3) is 0.588. The van der Waals surface area contributed by atoms with Gasteiger partial charge in [0.15, 0.2) is 0 Å². The summed E-state index contributed by atoms with van der Waals surface area (Å²) in [4.78, 5) is 11.4. The van der Waals surface area contributed by atoms with Crippen molar-refractivity contribution in [3.05, 3.63) is 35.9 Å². The molecule has 0 unspecified atom stereocenters. The molecule has 4 heteroatoms. The van der Waals surface area contributed by atoms with E-state index in [4.69, 9.17) is 14.2 Å². The number of hydrogen-bond acceptors (Lipinski definition) is 4. The lowest BCUT2D eigenvalue weighted by Gasteiger charge is -2.19. The molecule has 0 radical (unpaired) electrons. The van der Waals surface area contributed by atoms with Crippen LogP contribution in [0.25, 0.3) is 0 Å². The van der Waals surface area contributed by atoms with Gasteiger partial charge >= 0.3 is 5.97 Å². The Hall–Kier alpha value is -1.39. The van der Waals surface area contributed by atoms with E-state index in [1.807, 2.05) is 51.1 Å². The number of carbonyl (C=O) groups excluding carboxylic acids is 1. The van der Waals surface area contributed by atoms with E-state index in [-0.39, 0.29) is 12.6 Å². The first-order valence-electron chi connectivity index (χ1n) is 7.38. The molecule has 0 bridgehead atoms. The Kier molecular flexibility index (Phi) is 8.01. The molecule has 1 aromatic rings. The highest BCUT2D eigenvalue weighted by molar-refractivity contribution is 5.71. The van der Waals surface area contributed by atoms with Gasteiger partial charge in [0.05, 0.1) is 6.61 Å². The predicted octanol–water partition coefficient (Wildman–Crippen LogP) is 3.34. The lowest BCUT2D eigenvalue weighted by Crippen LogP contribution is -2.26. The minimum Gasteiger partial charge on any atom is -0.458 e. The zero-order chi connectivity index (χ0) is 15.6. The summed E-state index contributed by atoms with van der Waals surface area (Å²) in [7, 11) is 0. The van der Waals surface area contributed by atoms with Crippen LogP contribution in [-0.4, -0.2) is 31.4 Å². The van der Waals surface area contributed by atoms with Crippen molar-refractivity contribution >= 4 is 5.97 Å². The van der Waals surface area contributed by atoms with Crippen molar-refractivity contribution in [2.45, 2.75) is 45.8 Å². The van der Waals surface area contributed by atoms with Gasteiger partial charge in [-0.05, 0) is 39.2 Å². The van der Waals surface area contributed by atoms with Crippen molar-refractivity contribution < 1.29 is 19.0 Å². The molecule has 4 nitrogen and oxygen atoms in total. The Labute approximate surface area is 127 Å². The number of unbranched alkanes of at least 4 members (excludes halogenated alkanes) is 1. The van der Waals surface area contributed by atoms with E-state index in [9.17, 15) is 4.79 Å². The molecule has 0 saturated heterocycles. The van der Waals surface area contributed by atoms with Crippen LogP contribution in [0.4, 0.5) is 0 Å². The summed E-state index contributed by atoms with van der Waals surface area (Å²) < 4.78 is 16.0. The lowest BCUT2D eigenvalue weighted by molar-refractivity contribution is -0.160. The Morgan fingerprint density at radius 2 is 1.62 bits per heavy atom. The number of esters is 1. The van der Waals surface area contributed by atoms with Gasteiger partial charge in [0, 0.05) is 13.2 Å². The Morgan fingerprint density at radius 1 is 1.00 bits per heavy atom. The van der Waals surface area contributed by atoms with Gasteiger partial charge in [-0.3, -0.25) is 0 Å². The zero-order valence-corrected chi connectivity index (χ0v) is 13.3. The summed E-state index contributed by atoms with van der Waals surface area (Å²) in [5, 5.41) is 0. The van der Waals surface area contributed by atoms with Crippen LogP contribution in [0.2, 0.25) is 0 Å². The zero-order valence-electron chi connectivity index (χ0n) is 13.3. The molecule has 0 aliphatic heterocycles. The minimum atomic E-state index is -0.453. The summed E-state index contributed by atoms with van der Waals surface area (Å²) in [6.07, 6.45) is 1.79. The van der Waals surface area contributed by atoms with Gasteiger partial charge in [-0.15, -0.1) is 0 Å². The smallest absolute Gasteiger partial charge is 0.332 e. The molecular formula is C17H26O4. The van der Waals surface area contributed by atoms with E-state index in [1.165, 1.54) is 5.56 Å². The van der Waals surface area contributed by atoms with Crippen molar-refractivity contribution in [2.24, 2.45) is 0 Å². The minimum absolute atomic E-state index is 0.0160. The topological polar surface area (TPSA) is 44.8 Å². The van der Waals surface area contributed by atoms with Crippen molar-refractivity contribution in [1.82, 2.24) is 0 Å². The van der Waals surface area contributed by atoms with Crippen molar-refractivity contribution in [1.29, 1.82) is 0 Å². The van der Waals surface area contributed by atoms with Crippen LogP contribution in [0.3, 0.4) is 0 Å². The van der Waals surface area contributed by atoms with E-state index >= 15 is 0 Å². The molecule has 0 spiro atoms. The molecule has 0 saturated carbocycles. The van der Waals surface area contributed by atoms with Crippen molar-refractivity contribution in [3.63, 3.8) is 0 Å². The number of rotatable bonds is 9. The second-order valence-electron chi connectivity index (χ2n) is 5.88. The van der Waals surface area contributed by atoms with Gasteiger partial charge < -0.3 is 14.2 Å². The highest BCUT2D eigenvalue weighted by Gasteiger charge is 2.15. The second kappa shape index (κ2) is 9.53. The first-order valence-corrected chi connectivity index (χ1v) is 7.38.